The van der Waals surface area contributed by atoms with Gasteiger partial charge in [0.05, 0.1) is 5.92 Å². The molecule has 0 aliphatic carbocycles. The van der Waals surface area contributed by atoms with Gasteiger partial charge in [-0.05, 0) is 31.5 Å². The van der Waals surface area contributed by atoms with Crippen LogP contribution in [0.25, 0.3) is 0 Å². The molecule has 2 aromatic rings. The standard InChI is InChI=1S/C21H22N2O3/c1-14-6-8-16(9-7-14)12-23-13-18(11-20(23)25)21(26)22-19-5-3-4-17(10-19)15(2)24/h3-10,18H,11-13H2,1-2H3,(H,22,26)/t18-/m1/s1. The lowest BCUT2D eigenvalue weighted by Crippen LogP contribution is -2.28. The van der Waals surface area contributed by atoms with E-state index in [0.29, 0.717) is 24.3 Å². The molecule has 1 aliphatic rings. The van der Waals surface area contributed by atoms with E-state index in [1.54, 1.807) is 29.2 Å². The van der Waals surface area contributed by atoms with Crippen LogP contribution in [0.5, 0.6) is 0 Å². The summed E-state index contributed by atoms with van der Waals surface area (Å²) >= 11 is 0. The van der Waals surface area contributed by atoms with E-state index < -0.39 is 0 Å². The highest BCUT2D eigenvalue weighted by atomic mass is 16.2. The molecule has 1 aliphatic heterocycles. The molecule has 0 bridgehead atoms. The van der Waals surface area contributed by atoms with Crippen LogP contribution in [-0.2, 0) is 16.1 Å². The molecule has 3 rings (SSSR count). The van der Waals surface area contributed by atoms with Crippen molar-refractivity contribution in [1.29, 1.82) is 0 Å². The highest BCUT2D eigenvalue weighted by Crippen LogP contribution is 2.22. The van der Waals surface area contributed by atoms with Crippen LogP contribution in [0.4, 0.5) is 5.69 Å². The number of likely N-dealkylation sites (tertiary alicyclic amines) is 1. The normalized spacial score (nSPS) is 16.6. The van der Waals surface area contributed by atoms with Gasteiger partial charge in [-0.3, -0.25) is 14.4 Å². The first kappa shape index (κ1) is 17.9. The number of Topliss-reactive ketones (excluding diaryl/α,β-unsaturated/α-hetero) is 1. The van der Waals surface area contributed by atoms with Crippen LogP contribution in [0, 0.1) is 12.8 Å². The van der Waals surface area contributed by atoms with E-state index >= 15 is 0 Å². The van der Waals surface area contributed by atoms with Gasteiger partial charge in [0.15, 0.2) is 5.78 Å². The van der Waals surface area contributed by atoms with Crippen molar-refractivity contribution < 1.29 is 14.4 Å². The molecule has 2 amide bonds. The zero-order chi connectivity index (χ0) is 18.7. The zero-order valence-electron chi connectivity index (χ0n) is 15.0. The molecule has 134 valence electrons. The number of aryl methyl sites for hydroxylation is 1. The Bertz CT molecular complexity index is 843. The number of nitrogens with one attached hydrogen (secondary N) is 1. The summed E-state index contributed by atoms with van der Waals surface area (Å²) in [5.74, 6) is -0.635. The molecule has 1 saturated heterocycles. The van der Waals surface area contributed by atoms with E-state index in [1.165, 1.54) is 12.5 Å². The maximum absolute atomic E-state index is 12.5. The Morgan fingerprint density at radius 2 is 1.88 bits per heavy atom. The molecule has 26 heavy (non-hydrogen) atoms. The predicted molar refractivity (Wildman–Crippen MR) is 99.8 cm³/mol. The number of rotatable bonds is 5. The van der Waals surface area contributed by atoms with E-state index in [4.69, 9.17) is 0 Å². The summed E-state index contributed by atoms with van der Waals surface area (Å²) in [5, 5.41) is 2.82. The maximum atomic E-state index is 12.5. The smallest absolute Gasteiger partial charge is 0.229 e. The van der Waals surface area contributed by atoms with Crippen LogP contribution >= 0.6 is 0 Å². The van der Waals surface area contributed by atoms with E-state index in [-0.39, 0.29) is 29.9 Å². The molecule has 1 heterocycles. The molecule has 1 fully saturated rings. The summed E-state index contributed by atoms with van der Waals surface area (Å²) in [4.78, 5) is 37.9. The Labute approximate surface area is 153 Å². The second kappa shape index (κ2) is 7.52. The lowest BCUT2D eigenvalue weighted by atomic mass is 10.1. The topological polar surface area (TPSA) is 66.5 Å². The second-order valence-electron chi connectivity index (χ2n) is 6.79. The maximum Gasteiger partial charge on any atom is 0.229 e. The Balaban J connectivity index is 1.62. The molecule has 0 spiro atoms. The van der Waals surface area contributed by atoms with Gasteiger partial charge in [0.1, 0.15) is 0 Å². The average Bonchev–Trinajstić information content (AvgIpc) is 2.98. The third kappa shape index (κ3) is 4.17. The molecule has 0 saturated carbocycles. The van der Waals surface area contributed by atoms with Crippen molar-refractivity contribution in [1.82, 2.24) is 4.90 Å². The number of benzene rings is 2. The van der Waals surface area contributed by atoms with Crippen molar-refractivity contribution in [2.45, 2.75) is 26.8 Å². The summed E-state index contributed by atoms with van der Waals surface area (Å²) in [6.07, 6.45) is 0.212. The van der Waals surface area contributed by atoms with Gasteiger partial charge in [0.2, 0.25) is 11.8 Å². The summed E-state index contributed by atoms with van der Waals surface area (Å²) in [6.45, 7) is 4.43. The minimum atomic E-state index is -0.381. The van der Waals surface area contributed by atoms with E-state index in [1.807, 2.05) is 31.2 Å². The molecular weight excluding hydrogens is 328 g/mol. The largest absolute Gasteiger partial charge is 0.338 e. The SMILES string of the molecule is CC(=O)c1cccc(NC(=O)[C@@H]2CC(=O)N(Cc3ccc(C)cc3)C2)c1. The molecule has 2 aromatic carbocycles. The minimum absolute atomic E-state index is 0.0109. The number of hydrogen-bond donors (Lipinski definition) is 1. The fourth-order valence-corrected chi connectivity index (χ4v) is 3.07. The van der Waals surface area contributed by atoms with Crippen molar-refractivity contribution in [3.8, 4) is 0 Å². The Morgan fingerprint density at radius 1 is 1.15 bits per heavy atom. The van der Waals surface area contributed by atoms with Crippen LogP contribution < -0.4 is 5.32 Å². The van der Waals surface area contributed by atoms with Gasteiger partial charge in [-0.1, -0.05) is 42.0 Å². The number of hydrogen-bond acceptors (Lipinski definition) is 3. The monoisotopic (exact) mass is 350 g/mol. The lowest BCUT2D eigenvalue weighted by Gasteiger charge is -2.17. The van der Waals surface area contributed by atoms with Gasteiger partial charge >= 0.3 is 0 Å². The summed E-state index contributed by atoms with van der Waals surface area (Å²) < 4.78 is 0. The van der Waals surface area contributed by atoms with Crippen LogP contribution in [0.3, 0.4) is 0 Å². The predicted octanol–water partition coefficient (Wildman–Crippen LogP) is 3.18. The fraction of sp³-hybridized carbons (Fsp3) is 0.286. The highest BCUT2D eigenvalue weighted by Gasteiger charge is 2.34. The van der Waals surface area contributed by atoms with Gasteiger partial charge in [-0.15, -0.1) is 0 Å². The number of nitrogens with zero attached hydrogens (tertiary/aromatic N) is 1. The molecule has 1 N–H and O–H groups in total. The molecule has 0 aromatic heterocycles. The zero-order valence-corrected chi connectivity index (χ0v) is 15.0. The van der Waals surface area contributed by atoms with Gasteiger partial charge in [-0.2, -0.15) is 0 Å². The number of carbonyl (C=O) groups excluding carboxylic acids is 3. The van der Waals surface area contributed by atoms with E-state index in [9.17, 15) is 14.4 Å². The first-order valence-corrected chi connectivity index (χ1v) is 8.67. The van der Waals surface area contributed by atoms with Gasteiger partial charge in [-0.25, -0.2) is 0 Å². The van der Waals surface area contributed by atoms with Crippen molar-refractivity contribution in [3.63, 3.8) is 0 Å². The van der Waals surface area contributed by atoms with Crippen LogP contribution in [0.2, 0.25) is 0 Å². The summed E-state index contributed by atoms with van der Waals surface area (Å²) in [5.41, 5.74) is 3.35. The Morgan fingerprint density at radius 3 is 2.58 bits per heavy atom. The van der Waals surface area contributed by atoms with Crippen molar-refractivity contribution in [3.05, 3.63) is 65.2 Å². The number of ketones is 1. The van der Waals surface area contributed by atoms with Crippen LogP contribution in [0.1, 0.15) is 34.8 Å². The number of carbonyl (C=O) groups is 3. The first-order valence-electron chi connectivity index (χ1n) is 8.67. The lowest BCUT2D eigenvalue weighted by molar-refractivity contribution is -0.128. The molecule has 1 atom stereocenters. The summed E-state index contributed by atoms with van der Waals surface area (Å²) in [6, 6.07) is 14.9. The third-order valence-electron chi connectivity index (χ3n) is 4.62. The minimum Gasteiger partial charge on any atom is -0.338 e. The van der Waals surface area contributed by atoms with Gasteiger partial charge in [0, 0.05) is 30.8 Å². The molecule has 5 heteroatoms. The van der Waals surface area contributed by atoms with E-state index in [0.717, 1.165) is 5.56 Å². The fourth-order valence-electron chi connectivity index (χ4n) is 3.07. The summed E-state index contributed by atoms with van der Waals surface area (Å²) in [7, 11) is 0. The highest BCUT2D eigenvalue weighted by molar-refractivity contribution is 5.99. The second-order valence-corrected chi connectivity index (χ2v) is 6.79. The average molecular weight is 350 g/mol. The molecule has 5 nitrogen and oxygen atoms in total. The van der Waals surface area contributed by atoms with E-state index in [2.05, 4.69) is 5.32 Å². The van der Waals surface area contributed by atoms with Crippen molar-refractivity contribution >= 4 is 23.3 Å². The number of anilines is 1. The van der Waals surface area contributed by atoms with Crippen LogP contribution in [0.15, 0.2) is 48.5 Å². The van der Waals surface area contributed by atoms with Crippen molar-refractivity contribution in [2.75, 3.05) is 11.9 Å². The Kier molecular flexibility index (Phi) is 5.16. The van der Waals surface area contributed by atoms with Crippen molar-refractivity contribution in [2.24, 2.45) is 5.92 Å². The Hall–Kier alpha value is -2.95. The first-order chi connectivity index (χ1) is 12.4. The quantitative estimate of drug-likeness (QED) is 0.842. The number of amides is 2. The molecule has 0 radical (unpaired) electrons. The molecular formula is C21H22N2O3. The third-order valence-corrected chi connectivity index (χ3v) is 4.62. The van der Waals surface area contributed by atoms with Gasteiger partial charge < -0.3 is 10.2 Å². The van der Waals surface area contributed by atoms with Crippen LogP contribution in [-0.4, -0.2) is 29.0 Å². The molecule has 0 unspecified atom stereocenters. The van der Waals surface area contributed by atoms with Gasteiger partial charge in [0.25, 0.3) is 0 Å².